The molecule has 5 heteroatoms. The van der Waals surface area contributed by atoms with Gasteiger partial charge in [0.15, 0.2) is 0 Å². The van der Waals surface area contributed by atoms with Gasteiger partial charge in [0.1, 0.15) is 5.15 Å². The van der Waals surface area contributed by atoms with Crippen LogP contribution in [0.3, 0.4) is 0 Å². The van der Waals surface area contributed by atoms with Crippen molar-refractivity contribution in [1.29, 1.82) is 0 Å². The van der Waals surface area contributed by atoms with Crippen LogP contribution in [0.2, 0.25) is 5.15 Å². The third-order valence-corrected chi connectivity index (χ3v) is 5.45. The highest BCUT2D eigenvalue weighted by Gasteiger charge is 2.51. The Morgan fingerprint density at radius 2 is 2.14 bits per heavy atom. The summed E-state index contributed by atoms with van der Waals surface area (Å²) >= 11 is 9.49. The largest absolute Gasteiger partial charge is 0.335 e. The number of halogens is 2. The van der Waals surface area contributed by atoms with E-state index in [2.05, 4.69) is 41.7 Å². The molecule has 0 aromatic carbocycles. The normalized spacial score (nSPS) is 30.5. The maximum atomic E-state index is 12.9. The molecule has 1 saturated carbocycles. The molecular formula is C16H20BrClN2O. The molecule has 2 aliphatic rings. The molecule has 3 rings (SSSR count). The van der Waals surface area contributed by atoms with Crippen LogP contribution in [0.25, 0.3) is 0 Å². The number of carbonyl (C=O) groups excluding carboxylic acids is 1. The van der Waals surface area contributed by atoms with Crippen molar-refractivity contribution in [3.63, 3.8) is 0 Å². The standard InChI is InChI=1S/C16H20BrClN2O/c1-15(2)5-11-6-16(3,8-15)9-20(11)14(21)12-4-10(17)7-19-13(12)18/h4,7,11H,5-6,8-9H2,1-3H3. The number of hydrogen-bond donors (Lipinski definition) is 0. The van der Waals surface area contributed by atoms with Gasteiger partial charge < -0.3 is 4.90 Å². The van der Waals surface area contributed by atoms with Crippen LogP contribution in [-0.2, 0) is 0 Å². The van der Waals surface area contributed by atoms with Crippen molar-refractivity contribution in [1.82, 2.24) is 9.88 Å². The highest BCUT2D eigenvalue weighted by atomic mass is 79.9. The number of aromatic nitrogens is 1. The summed E-state index contributed by atoms with van der Waals surface area (Å²) in [6.07, 6.45) is 4.95. The molecule has 2 fully saturated rings. The maximum Gasteiger partial charge on any atom is 0.257 e. The summed E-state index contributed by atoms with van der Waals surface area (Å²) in [6, 6.07) is 2.09. The molecule has 2 heterocycles. The first kappa shape index (κ1) is 15.3. The van der Waals surface area contributed by atoms with Gasteiger partial charge in [0.2, 0.25) is 0 Å². The summed E-state index contributed by atoms with van der Waals surface area (Å²) in [5.41, 5.74) is 1.03. The Morgan fingerprint density at radius 1 is 1.43 bits per heavy atom. The molecule has 2 bridgehead atoms. The second-order valence-electron chi connectivity index (χ2n) is 7.64. The minimum atomic E-state index is 0.0141. The lowest BCUT2D eigenvalue weighted by Gasteiger charge is -2.39. The quantitative estimate of drug-likeness (QED) is 0.679. The molecule has 1 saturated heterocycles. The number of hydrogen-bond acceptors (Lipinski definition) is 2. The van der Waals surface area contributed by atoms with E-state index in [4.69, 9.17) is 11.6 Å². The molecule has 3 nitrogen and oxygen atoms in total. The van der Waals surface area contributed by atoms with E-state index in [1.807, 2.05) is 4.90 Å². The highest BCUT2D eigenvalue weighted by molar-refractivity contribution is 9.10. The molecule has 1 aliphatic heterocycles. The molecular weight excluding hydrogens is 352 g/mol. The predicted octanol–water partition coefficient (Wildman–Crippen LogP) is 4.54. The zero-order valence-corrected chi connectivity index (χ0v) is 15.0. The summed E-state index contributed by atoms with van der Waals surface area (Å²) in [7, 11) is 0. The minimum Gasteiger partial charge on any atom is -0.335 e. The monoisotopic (exact) mass is 370 g/mol. The fourth-order valence-corrected chi connectivity index (χ4v) is 4.94. The first-order chi connectivity index (χ1) is 9.69. The number of likely N-dealkylation sites (tertiary alicyclic amines) is 1. The van der Waals surface area contributed by atoms with Gasteiger partial charge in [-0.15, -0.1) is 0 Å². The second kappa shape index (κ2) is 4.95. The second-order valence-corrected chi connectivity index (χ2v) is 8.91. The molecule has 2 atom stereocenters. The maximum absolute atomic E-state index is 12.9. The lowest BCUT2D eigenvalue weighted by Crippen LogP contribution is -2.37. The minimum absolute atomic E-state index is 0.0141. The molecule has 1 aromatic heterocycles. The van der Waals surface area contributed by atoms with E-state index >= 15 is 0 Å². The van der Waals surface area contributed by atoms with Gasteiger partial charge in [-0.3, -0.25) is 4.79 Å². The number of fused-ring (bicyclic) bond motifs is 2. The predicted molar refractivity (Wildman–Crippen MR) is 87.5 cm³/mol. The van der Waals surface area contributed by atoms with Crippen LogP contribution in [0.15, 0.2) is 16.7 Å². The summed E-state index contributed by atoms with van der Waals surface area (Å²) in [4.78, 5) is 19.0. The lowest BCUT2D eigenvalue weighted by atomic mass is 9.65. The Labute approximate surface area is 139 Å². The van der Waals surface area contributed by atoms with Gasteiger partial charge in [0, 0.05) is 23.3 Å². The first-order valence-electron chi connectivity index (χ1n) is 7.31. The molecule has 1 aromatic rings. The third-order valence-electron chi connectivity index (χ3n) is 4.71. The van der Waals surface area contributed by atoms with Crippen molar-refractivity contribution in [2.45, 2.75) is 46.1 Å². The third kappa shape index (κ3) is 2.85. The van der Waals surface area contributed by atoms with Gasteiger partial charge in [-0.05, 0) is 52.1 Å². The topological polar surface area (TPSA) is 33.2 Å². The van der Waals surface area contributed by atoms with Gasteiger partial charge in [-0.25, -0.2) is 4.98 Å². The molecule has 0 radical (unpaired) electrons. The van der Waals surface area contributed by atoms with Crippen LogP contribution in [0, 0.1) is 10.8 Å². The van der Waals surface area contributed by atoms with Crippen molar-refractivity contribution in [2.24, 2.45) is 10.8 Å². The van der Waals surface area contributed by atoms with Crippen LogP contribution in [0.5, 0.6) is 0 Å². The molecule has 1 aliphatic carbocycles. The Hall–Kier alpha value is -0.610. The van der Waals surface area contributed by atoms with Crippen LogP contribution >= 0.6 is 27.5 Å². The van der Waals surface area contributed by atoms with Crippen molar-refractivity contribution in [3.05, 3.63) is 27.5 Å². The van der Waals surface area contributed by atoms with Gasteiger partial charge in [0.05, 0.1) is 5.56 Å². The van der Waals surface area contributed by atoms with E-state index in [0.717, 1.165) is 23.9 Å². The number of rotatable bonds is 1. The molecule has 0 N–H and O–H groups in total. The number of nitrogens with zero attached hydrogens (tertiary/aromatic N) is 2. The average molecular weight is 372 g/mol. The smallest absolute Gasteiger partial charge is 0.257 e. The molecule has 114 valence electrons. The van der Waals surface area contributed by atoms with Gasteiger partial charge in [-0.1, -0.05) is 32.4 Å². The van der Waals surface area contributed by atoms with E-state index in [1.54, 1.807) is 12.3 Å². The summed E-state index contributed by atoms with van der Waals surface area (Å²) < 4.78 is 0.781. The van der Waals surface area contributed by atoms with E-state index in [9.17, 15) is 4.79 Å². The van der Waals surface area contributed by atoms with Crippen LogP contribution < -0.4 is 0 Å². The van der Waals surface area contributed by atoms with Gasteiger partial charge >= 0.3 is 0 Å². The van der Waals surface area contributed by atoms with Crippen LogP contribution in [0.4, 0.5) is 0 Å². The molecule has 2 unspecified atom stereocenters. The Morgan fingerprint density at radius 3 is 2.86 bits per heavy atom. The van der Waals surface area contributed by atoms with Crippen molar-refractivity contribution >= 4 is 33.4 Å². The summed E-state index contributed by atoms with van der Waals surface area (Å²) in [6.45, 7) is 7.73. The van der Waals surface area contributed by atoms with Crippen LogP contribution in [-0.4, -0.2) is 28.4 Å². The van der Waals surface area contributed by atoms with Crippen molar-refractivity contribution < 1.29 is 4.79 Å². The Bertz CT molecular complexity index is 604. The molecule has 1 amide bonds. The van der Waals surface area contributed by atoms with Crippen molar-refractivity contribution in [2.75, 3.05) is 6.54 Å². The van der Waals surface area contributed by atoms with E-state index in [-0.39, 0.29) is 16.5 Å². The fraction of sp³-hybridized carbons (Fsp3) is 0.625. The molecule has 0 spiro atoms. The van der Waals surface area contributed by atoms with Crippen molar-refractivity contribution in [3.8, 4) is 0 Å². The number of carbonyl (C=O) groups is 1. The fourth-order valence-electron chi connectivity index (χ4n) is 4.42. The first-order valence-corrected chi connectivity index (χ1v) is 8.48. The summed E-state index contributed by atoms with van der Waals surface area (Å²) in [5.74, 6) is 0.0141. The van der Waals surface area contributed by atoms with E-state index in [0.29, 0.717) is 17.0 Å². The Kier molecular flexibility index (Phi) is 3.61. The van der Waals surface area contributed by atoms with E-state index in [1.165, 1.54) is 6.42 Å². The Balaban J connectivity index is 1.91. The molecule has 21 heavy (non-hydrogen) atoms. The van der Waals surface area contributed by atoms with Gasteiger partial charge in [0.25, 0.3) is 5.91 Å². The van der Waals surface area contributed by atoms with Gasteiger partial charge in [-0.2, -0.15) is 0 Å². The van der Waals surface area contributed by atoms with Crippen LogP contribution in [0.1, 0.15) is 50.4 Å². The van der Waals surface area contributed by atoms with E-state index < -0.39 is 0 Å². The number of pyridine rings is 1. The highest BCUT2D eigenvalue weighted by Crippen LogP contribution is 2.52. The zero-order valence-electron chi connectivity index (χ0n) is 12.6. The summed E-state index contributed by atoms with van der Waals surface area (Å²) in [5, 5.41) is 0.286. The zero-order chi connectivity index (χ0) is 15.4. The SMILES string of the molecule is CC1(C)CC2CC(C)(CN2C(=O)c2cc(Br)cnc2Cl)C1. The number of amides is 1. The lowest BCUT2D eigenvalue weighted by molar-refractivity contribution is 0.0708. The average Bonchev–Trinajstić information content (AvgIpc) is 2.61.